The van der Waals surface area contributed by atoms with Gasteiger partial charge in [-0.25, -0.2) is 4.79 Å². The van der Waals surface area contributed by atoms with Crippen molar-refractivity contribution in [2.24, 2.45) is 5.92 Å². The van der Waals surface area contributed by atoms with Crippen LogP contribution in [0.2, 0.25) is 0 Å². The lowest BCUT2D eigenvalue weighted by molar-refractivity contribution is 0.0373. The molecule has 1 aromatic carbocycles. The summed E-state index contributed by atoms with van der Waals surface area (Å²) >= 11 is 0. The molecule has 1 aliphatic rings. The number of ether oxygens (including phenoxy) is 1. The number of carbonyl (C=O) groups excluding carboxylic acids is 1. The standard InChI is InChI=1S/C16H24N2O2/c1-17-9-12-18-10-7-14(8-11-18)13-20-16(19)15-5-3-2-4-6-15/h2-6,14,17H,7-13H2,1H3. The molecule has 0 spiro atoms. The number of hydrogen-bond acceptors (Lipinski definition) is 4. The number of carbonyl (C=O) groups is 1. The van der Waals surface area contributed by atoms with Gasteiger partial charge in [0, 0.05) is 13.1 Å². The molecule has 0 bridgehead atoms. The van der Waals surface area contributed by atoms with E-state index >= 15 is 0 Å². The van der Waals surface area contributed by atoms with Crippen LogP contribution in [0.1, 0.15) is 23.2 Å². The number of nitrogens with one attached hydrogen (secondary N) is 1. The number of likely N-dealkylation sites (N-methyl/N-ethyl adjacent to an activating group) is 1. The Morgan fingerprint density at radius 2 is 2.00 bits per heavy atom. The summed E-state index contributed by atoms with van der Waals surface area (Å²) in [6, 6.07) is 9.21. The monoisotopic (exact) mass is 276 g/mol. The SMILES string of the molecule is CNCCN1CCC(COC(=O)c2ccccc2)CC1. The minimum absolute atomic E-state index is 0.205. The van der Waals surface area contributed by atoms with Crippen LogP contribution in [-0.2, 0) is 4.74 Å². The largest absolute Gasteiger partial charge is 0.462 e. The van der Waals surface area contributed by atoms with Gasteiger partial charge in [-0.3, -0.25) is 0 Å². The van der Waals surface area contributed by atoms with Gasteiger partial charge in [0.2, 0.25) is 0 Å². The van der Waals surface area contributed by atoms with Crippen LogP contribution in [-0.4, -0.2) is 50.7 Å². The second kappa shape index (κ2) is 8.02. The topological polar surface area (TPSA) is 41.6 Å². The Bertz CT molecular complexity index is 400. The summed E-state index contributed by atoms with van der Waals surface area (Å²) in [6.45, 7) is 4.90. The van der Waals surface area contributed by atoms with E-state index < -0.39 is 0 Å². The summed E-state index contributed by atoms with van der Waals surface area (Å²) < 4.78 is 5.41. The highest BCUT2D eigenvalue weighted by atomic mass is 16.5. The van der Waals surface area contributed by atoms with Crippen molar-refractivity contribution in [1.82, 2.24) is 10.2 Å². The van der Waals surface area contributed by atoms with Crippen LogP contribution < -0.4 is 5.32 Å². The highest BCUT2D eigenvalue weighted by Gasteiger charge is 2.20. The number of nitrogens with zero attached hydrogens (tertiary/aromatic N) is 1. The van der Waals surface area contributed by atoms with E-state index in [1.165, 1.54) is 0 Å². The lowest BCUT2D eigenvalue weighted by Crippen LogP contribution is -2.38. The number of benzene rings is 1. The molecular weight excluding hydrogens is 252 g/mol. The highest BCUT2D eigenvalue weighted by molar-refractivity contribution is 5.89. The molecule has 20 heavy (non-hydrogen) atoms. The van der Waals surface area contributed by atoms with Gasteiger partial charge in [-0.05, 0) is 51.0 Å². The molecule has 0 saturated carbocycles. The van der Waals surface area contributed by atoms with Crippen LogP contribution in [0.5, 0.6) is 0 Å². The Hall–Kier alpha value is -1.39. The fraction of sp³-hybridized carbons (Fsp3) is 0.562. The summed E-state index contributed by atoms with van der Waals surface area (Å²) in [5.74, 6) is 0.303. The molecule has 2 rings (SSSR count). The van der Waals surface area contributed by atoms with Crippen molar-refractivity contribution in [3.8, 4) is 0 Å². The second-order valence-corrected chi connectivity index (χ2v) is 5.35. The lowest BCUT2D eigenvalue weighted by atomic mass is 9.98. The Balaban J connectivity index is 1.67. The van der Waals surface area contributed by atoms with Crippen molar-refractivity contribution in [3.05, 3.63) is 35.9 Å². The number of hydrogen-bond donors (Lipinski definition) is 1. The maximum atomic E-state index is 11.9. The normalized spacial score (nSPS) is 17.1. The Morgan fingerprint density at radius 3 is 2.65 bits per heavy atom. The van der Waals surface area contributed by atoms with Crippen molar-refractivity contribution in [1.29, 1.82) is 0 Å². The van der Waals surface area contributed by atoms with E-state index in [4.69, 9.17) is 4.74 Å². The fourth-order valence-corrected chi connectivity index (χ4v) is 2.50. The minimum atomic E-state index is -0.205. The van der Waals surface area contributed by atoms with E-state index in [1.54, 1.807) is 12.1 Å². The van der Waals surface area contributed by atoms with Crippen molar-refractivity contribution in [2.45, 2.75) is 12.8 Å². The maximum Gasteiger partial charge on any atom is 0.338 e. The Kier molecular flexibility index (Phi) is 6.02. The number of esters is 1. The predicted octanol–water partition coefficient (Wildman–Crippen LogP) is 1.77. The molecule has 0 unspecified atom stereocenters. The molecule has 1 aromatic rings. The van der Waals surface area contributed by atoms with Crippen LogP contribution in [0, 0.1) is 5.92 Å². The van der Waals surface area contributed by atoms with E-state index in [1.807, 2.05) is 25.2 Å². The van der Waals surface area contributed by atoms with E-state index in [-0.39, 0.29) is 5.97 Å². The van der Waals surface area contributed by atoms with E-state index in [0.717, 1.165) is 39.0 Å². The fourth-order valence-electron chi connectivity index (χ4n) is 2.50. The van der Waals surface area contributed by atoms with Crippen LogP contribution in [0.3, 0.4) is 0 Å². The van der Waals surface area contributed by atoms with Crippen molar-refractivity contribution in [3.63, 3.8) is 0 Å². The Morgan fingerprint density at radius 1 is 1.30 bits per heavy atom. The van der Waals surface area contributed by atoms with Crippen LogP contribution in [0.25, 0.3) is 0 Å². The summed E-state index contributed by atoms with van der Waals surface area (Å²) in [6.07, 6.45) is 2.23. The van der Waals surface area contributed by atoms with Crippen LogP contribution >= 0.6 is 0 Å². The third-order valence-electron chi connectivity index (χ3n) is 3.84. The first-order valence-corrected chi connectivity index (χ1v) is 7.38. The van der Waals surface area contributed by atoms with Gasteiger partial charge in [0.15, 0.2) is 0 Å². The number of rotatable bonds is 6. The first kappa shape index (κ1) is 15.0. The van der Waals surface area contributed by atoms with Crippen molar-refractivity contribution < 1.29 is 9.53 Å². The van der Waals surface area contributed by atoms with Gasteiger partial charge in [0.05, 0.1) is 12.2 Å². The average Bonchev–Trinajstić information content (AvgIpc) is 2.52. The van der Waals surface area contributed by atoms with Crippen molar-refractivity contribution >= 4 is 5.97 Å². The molecule has 0 atom stereocenters. The smallest absolute Gasteiger partial charge is 0.338 e. The van der Waals surface area contributed by atoms with Gasteiger partial charge in [-0.2, -0.15) is 0 Å². The number of piperidine rings is 1. The zero-order chi connectivity index (χ0) is 14.2. The molecule has 0 aliphatic carbocycles. The quantitative estimate of drug-likeness (QED) is 0.804. The van der Waals surface area contributed by atoms with Gasteiger partial charge in [0.25, 0.3) is 0 Å². The maximum absolute atomic E-state index is 11.9. The molecule has 0 radical (unpaired) electrons. The average molecular weight is 276 g/mol. The number of likely N-dealkylation sites (tertiary alicyclic amines) is 1. The molecule has 110 valence electrons. The van der Waals surface area contributed by atoms with Gasteiger partial charge < -0.3 is 15.0 Å². The molecule has 1 N–H and O–H groups in total. The van der Waals surface area contributed by atoms with E-state index in [2.05, 4.69) is 10.2 Å². The summed E-state index contributed by atoms with van der Waals surface area (Å²) in [7, 11) is 1.98. The van der Waals surface area contributed by atoms with E-state index in [0.29, 0.717) is 18.1 Å². The molecule has 4 heteroatoms. The van der Waals surface area contributed by atoms with E-state index in [9.17, 15) is 4.79 Å². The second-order valence-electron chi connectivity index (χ2n) is 5.35. The minimum Gasteiger partial charge on any atom is -0.462 e. The van der Waals surface area contributed by atoms with Gasteiger partial charge in [-0.1, -0.05) is 18.2 Å². The molecule has 0 aromatic heterocycles. The molecule has 1 heterocycles. The first-order chi connectivity index (χ1) is 9.79. The Labute approximate surface area is 121 Å². The van der Waals surface area contributed by atoms with Gasteiger partial charge in [0.1, 0.15) is 0 Å². The molecule has 1 aliphatic heterocycles. The third kappa shape index (κ3) is 4.62. The summed E-state index contributed by atoms with van der Waals surface area (Å²) in [4.78, 5) is 14.3. The van der Waals surface area contributed by atoms with Crippen LogP contribution in [0.4, 0.5) is 0 Å². The van der Waals surface area contributed by atoms with Gasteiger partial charge >= 0.3 is 5.97 Å². The predicted molar refractivity (Wildman–Crippen MR) is 79.8 cm³/mol. The third-order valence-corrected chi connectivity index (χ3v) is 3.84. The molecule has 1 saturated heterocycles. The van der Waals surface area contributed by atoms with Crippen molar-refractivity contribution in [2.75, 3.05) is 39.8 Å². The molecule has 1 fully saturated rings. The van der Waals surface area contributed by atoms with Gasteiger partial charge in [-0.15, -0.1) is 0 Å². The molecule has 4 nitrogen and oxygen atoms in total. The van der Waals surface area contributed by atoms with Crippen LogP contribution in [0.15, 0.2) is 30.3 Å². The summed E-state index contributed by atoms with van der Waals surface area (Å²) in [5.41, 5.74) is 0.638. The first-order valence-electron chi connectivity index (χ1n) is 7.38. The lowest BCUT2D eigenvalue weighted by Gasteiger charge is -2.31. The molecular formula is C16H24N2O2. The zero-order valence-corrected chi connectivity index (χ0v) is 12.2. The highest BCUT2D eigenvalue weighted by Crippen LogP contribution is 2.17. The molecule has 0 amide bonds. The summed E-state index contributed by atoms with van der Waals surface area (Å²) in [5, 5.41) is 3.17. The zero-order valence-electron chi connectivity index (χ0n) is 12.2.